The maximum absolute atomic E-state index is 13.6. The molecule has 0 aliphatic rings. The van der Waals surface area contributed by atoms with Crippen molar-refractivity contribution < 1.29 is 28.1 Å². The van der Waals surface area contributed by atoms with Crippen molar-refractivity contribution in [1.82, 2.24) is 0 Å². The average Bonchev–Trinajstić information content (AvgIpc) is 2.58. The molecule has 0 fully saturated rings. The second-order valence-electron chi connectivity index (χ2n) is 7.09. The summed E-state index contributed by atoms with van der Waals surface area (Å²) in [4.78, 5) is 0. The molecule has 0 amide bonds. The van der Waals surface area contributed by atoms with E-state index >= 15 is 0 Å². The van der Waals surface area contributed by atoms with Gasteiger partial charge in [0, 0.05) is 17.7 Å². The number of halogens is 3. The van der Waals surface area contributed by atoms with Crippen LogP contribution in [-0.2, 0) is 11.2 Å². The first-order valence-electron chi connectivity index (χ1n) is 10.1. The molecule has 1 aromatic rings. The standard InChI is InChI=1S/C21H33F3O3/c1-2-3-4-5-6-7-8-11-17(27-21(25)26)12-9-10-13-18-19(23)14-16(22)15-20(18)24/h14-15,17,21,25-26H,2-13H2,1H3. The molecular formula is C21H33F3O3. The van der Waals surface area contributed by atoms with E-state index in [0.717, 1.165) is 25.7 Å². The van der Waals surface area contributed by atoms with Gasteiger partial charge in [0.1, 0.15) is 17.5 Å². The summed E-state index contributed by atoms with van der Waals surface area (Å²) in [6, 6.07) is 1.37. The minimum atomic E-state index is -1.81. The van der Waals surface area contributed by atoms with Crippen molar-refractivity contribution in [2.45, 2.75) is 96.6 Å². The molecule has 0 aromatic heterocycles. The van der Waals surface area contributed by atoms with Crippen molar-refractivity contribution in [3.8, 4) is 0 Å². The van der Waals surface area contributed by atoms with Crippen LogP contribution < -0.4 is 0 Å². The van der Waals surface area contributed by atoms with Crippen molar-refractivity contribution in [3.05, 3.63) is 35.1 Å². The molecule has 156 valence electrons. The van der Waals surface area contributed by atoms with Crippen LogP contribution >= 0.6 is 0 Å². The molecule has 0 aliphatic carbocycles. The van der Waals surface area contributed by atoms with Gasteiger partial charge in [-0.2, -0.15) is 0 Å². The number of aliphatic hydroxyl groups is 2. The Morgan fingerprint density at radius 3 is 1.89 bits per heavy atom. The van der Waals surface area contributed by atoms with Gasteiger partial charge < -0.3 is 14.9 Å². The molecule has 0 saturated heterocycles. The number of benzene rings is 1. The van der Waals surface area contributed by atoms with Gasteiger partial charge >= 0.3 is 0 Å². The van der Waals surface area contributed by atoms with Crippen LogP contribution in [0.3, 0.4) is 0 Å². The van der Waals surface area contributed by atoms with Gasteiger partial charge in [-0.05, 0) is 25.7 Å². The highest BCUT2D eigenvalue weighted by Crippen LogP contribution is 2.20. The lowest BCUT2D eigenvalue weighted by Crippen LogP contribution is -2.21. The second kappa shape index (κ2) is 14.0. The zero-order chi connectivity index (χ0) is 20.1. The second-order valence-corrected chi connectivity index (χ2v) is 7.09. The lowest BCUT2D eigenvalue weighted by atomic mass is 10.0. The molecule has 27 heavy (non-hydrogen) atoms. The fourth-order valence-corrected chi connectivity index (χ4v) is 3.27. The number of hydrogen-bond donors (Lipinski definition) is 2. The zero-order valence-corrected chi connectivity index (χ0v) is 16.2. The van der Waals surface area contributed by atoms with Crippen LogP contribution in [0.15, 0.2) is 12.1 Å². The van der Waals surface area contributed by atoms with E-state index in [1.54, 1.807) is 0 Å². The summed E-state index contributed by atoms with van der Waals surface area (Å²) in [6.07, 6.45) is 10.5. The smallest absolute Gasteiger partial charge is 0.266 e. The Morgan fingerprint density at radius 2 is 1.33 bits per heavy atom. The third-order valence-corrected chi connectivity index (χ3v) is 4.75. The molecule has 0 saturated carbocycles. The monoisotopic (exact) mass is 390 g/mol. The molecule has 1 aromatic carbocycles. The minimum Gasteiger partial charge on any atom is -0.346 e. The van der Waals surface area contributed by atoms with Crippen molar-refractivity contribution in [2.24, 2.45) is 0 Å². The van der Waals surface area contributed by atoms with Crippen LogP contribution in [0.5, 0.6) is 0 Å². The molecular weight excluding hydrogens is 357 g/mol. The summed E-state index contributed by atoms with van der Waals surface area (Å²) in [5.74, 6) is -2.66. The third kappa shape index (κ3) is 10.7. The van der Waals surface area contributed by atoms with Gasteiger partial charge in [-0.25, -0.2) is 13.2 Å². The minimum absolute atomic E-state index is 0.108. The Morgan fingerprint density at radius 1 is 0.815 bits per heavy atom. The molecule has 3 nitrogen and oxygen atoms in total. The summed E-state index contributed by atoms with van der Waals surface area (Å²) < 4.78 is 45.3. The van der Waals surface area contributed by atoms with Gasteiger partial charge in [-0.15, -0.1) is 0 Å². The van der Waals surface area contributed by atoms with Crippen molar-refractivity contribution in [1.29, 1.82) is 0 Å². The van der Waals surface area contributed by atoms with Crippen LogP contribution in [0.2, 0.25) is 0 Å². The van der Waals surface area contributed by atoms with Crippen LogP contribution in [0.25, 0.3) is 0 Å². The Hall–Kier alpha value is -1.11. The average molecular weight is 390 g/mol. The van der Waals surface area contributed by atoms with Gasteiger partial charge in [-0.3, -0.25) is 0 Å². The van der Waals surface area contributed by atoms with E-state index in [0.29, 0.717) is 31.4 Å². The topological polar surface area (TPSA) is 49.7 Å². The van der Waals surface area contributed by atoms with Gasteiger partial charge in [0.2, 0.25) is 0 Å². The SMILES string of the molecule is CCCCCCCCCC(CCCCc1c(F)cc(F)cc1F)OC(O)O. The first-order valence-corrected chi connectivity index (χ1v) is 10.1. The highest BCUT2D eigenvalue weighted by molar-refractivity contribution is 5.20. The van der Waals surface area contributed by atoms with E-state index < -0.39 is 23.9 Å². The number of ether oxygens (including phenoxy) is 1. The fraction of sp³-hybridized carbons (Fsp3) is 0.714. The molecule has 1 atom stereocenters. The van der Waals surface area contributed by atoms with Crippen LogP contribution in [0.1, 0.15) is 83.1 Å². The molecule has 0 bridgehead atoms. The molecule has 2 N–H and O–H groups in total. The number of rotatable bonds is 15. The highest BCUT2D eigenvalue weighted by atomic mass is 19.1. The van der Waals surface area contributed by atoms with E-state index in [2.05, 4.69) is 6.92 Å². The van der Waals surface area contributed by atoms with E-state index in [9.17, 15) is 13.2 Å². The van der Waals surface area contributed by atoms with Crippen molar-refractivity contribution in [2.75, 3.05) is 0 Å². The Labute approximate surface area is 160 Å². The first-order chi connectivity index (χ1) is 12.9. The molecule has 0 heterocycles. The number of aliphatic hydroxyl groups excluding tert-OH is 1. The first kappa shape index (κ1) is 23.9. The van der Waals surface area contributed by atoms with Gasteiger partial charge in [0.25, 0.3) is 6.48 Å². The van der Waals surface area contributed by atoms with Gasteiger partial charge in [-0.1, -0.05) is 58.3 Å². The molecule has 0 spiro atoms. The normalized spacial score (nSPS) is 12.7. The molecule has 0 aliphatic heterocycles. The van der Waals surface area contributed by atoms with Crippen LogP contribution in [-0.4, -0.2) is 22.8 Å². The van der Waals surface area contributed by atoms with E-state index in [1.165, 1.54) is 25.7 Å². The molecule has 1 rings (SSSR count). The van der Waals surface area contributed by atoms with E-state index in [-0.39, 0.29) is 18.1 Å². The Balaban J connectivity index is 2.29. The molecule has 0 radical (unpaired) electrons. The quantitative estimate of drug-likeness (QED) is 0.302. The molecule has 6 heteroatoms. The maximum atomic E-state index is 13.6. The van der Waals surface area contributed by atoms with Gasteiger partial charge in [0.15, 0.2) is 0 Å². The summed E-state index contributed by atoms with van der Waals surface area (Å²) in [5, 5.41) is 18.1. The Kier molecular flexibility index (Phi) is 12.4. The summed E-state index contributed by atoms with van der Waals surface area (Å²) in [6.45, 7) is 0.368. The zero-order valence-electron chi connectivity index (χ0n) is 16.2. The van der Waals surface area contributed by atoms with Gasteiger partial charge in [0.05, 0.1) is 6.10 Å². The largest absolute Gasteiger partial charge is 0.346 e. The molecule has 1 unspecified atom stereocenters. The van der Waals surface area contributed by atoms with Crippen molar-refractivity contribution >= 4 is 0 Å². The number of hydrogen-bond acceptors (Lipinski definition) is 3. The lowest BCUT2D eigenvalue weighted by Gasteiger charge is -2.19. The predicted octanol–water partition coefficient (Wildman–Crippen LogP) is 5.61. The third-order valence-electron chi connectivity index (χ3n) is 4.75. The maximum Gasteiger partial charge on any atom is 0.266 e. The Bertz CT molecular complexity index is 500. The summed E-state index contributed by atoms with van der Waals surface area (Å²) in [7, 11) is 0. The highest BCUT2D eigenvalue weighted by Gasteiger charge is 2.14. The van der Waals surface area contributed by atoms with E-state index in [4.69, 9.17) is 14.9 Å². The van der Waals surface area contributed by atoms with E-state index in [1.807, 2.05) is 0 Å². The van der Waals surface area contributed by atoms with Crippen LogP contribution in [0.4, 0.5) is 13.2 Å². The number of unbranched alkanes of at least 4 members (excludes halogenated alkanes) is 7. The predicted molar refractivity (Wildman–Crippen MR) is 99.6 cm³/mol. The fourth-order valence-electron chi connectivity index (χ4n) is 3.27. The van der Waals surface area contributed by atoms with Crippen molar-refractivity contribution in [3.63, 3.8) is 0 Å². The van der Waals surface area contributed by atoms with Crippen LogP contribution in [0, 0.1) is 17.5 Å². The lowest BCUT2D eigenvalue weighted by molar-refractivity contribution is -0.257. The summed E-state index contributed by atoms with van der Waals surface area (Å²) >= 11 is 0. The summed E-state index contributed by atoms with van der Waals surface area (Å²) in [5.41, 5.74) is -0.108.